The Morgan fingerprint density at radius 1 is 1.29 bits per heavy atom. The first kappa shape index (κ1) is 22.6. The molecule has 28 heavy (non-hydrogen) atoms. The summed E-state index contributed by atoms with van der Waals surface area (Å²) in [4.78, 5) is 50.6. The minimum absolute atomic E-state index is 0.257. The monoisotopic (exact) mass is 602 g/mol. The molecule has 0 aliphatic heterocycles. The van der Waals surface area contributed by atoms with E-state index < -0.39 is 57.9 Å². The van der Waals surface area contributed by atoms with E-state index in [0.29, 0.717) is 16.0 Å². The third-order valence-electron chi connectivity index (χ3n) is 4.35. The Labute approximate surface area is 173 Å². The molecule has 0 spiro atoms. The van der Waals surface area contributed by atoms with Gasteiger partial charge in [0.2, 0.25) is 0 Å². The standard InChI is InChI=1S/C11H15N4O3.C4H6O4S.Hg/c1-7(18-4)5-15-6-12-9-8(15)10(16)14(3)11(17)13(9)2;5-3(6)1-2(9)4(7)8;/h6-7H,1,5H2,2-4H3;2,9H,1H2,(H,5,6)(H,7,8);/q;;+1/p-1. The van der Waals surface area contributed by atoms with Gasteiger partial charge < -0.3 is 0 Å². The molecule has 0 bridgehead atoms. The fraction of sp³-hybridized carbons (Fsp3) is 0.533. The number of carboxylic acid groups (broad SMARTS) is 2. The molecule has 2 aromatic heterocycles. The number of methoxy groups -OCH3 is 1. The van der Waals surface area contributed by atoms with E-state index in [-0.39, 0.29) is 11.8 Å². The van der Waals surface area contributed by atoms with Gasteiger partial charge in [0.25, 0.3) is 0 Å². The van der Waals surface area contributed by atoms with Crippen LogP contribution >= 0.6 is 8.24 Å². The van der Waals surface area contributed by atoms with Crippen molar-refractivity contribution in [2.24, 2.45) is 14.1 Å². The average Bonchev–Trinajstić information content (AvgIpc) is 3.06. The van der Waals surface area contributed by atoms with Gasteiger partial charge in [0.15, 0.2) is 0 Å². The molecule has 0 saturated heterocycles. The van der Waals surface area contributed by atoms with Crippen LogP contribution < -0.4 is 11.2 Å². The summed E-state index contributed by atoms with van der Waals surface area (Å²) >= 11 is -1.80. The van der Waals surface area contributed by atoms with Gasteiger partial charge in [-0.25, -0.2) is 0 Å². The summed E-state index contributed by atoms with van der Waals surface area (Å²) in [6, 6.07) is 0. The van der Waals surface area contributed by atoms with E-state index in [4.69, 9.17) is 14.9 Å². The van der Waals surface area contributed by atoms with Crippen LogP contribution in [0.1, 0.15) is 6.42 Å². The fourth-order valence-corrected chi connectivity index (χ4v) is 16.5. The van der Waals surface area contributed by atoms with E-state index in [1.165, 1.54) is 40.3 Å². The molecule has 11 nitrogen and oxygen atoms in total. The summed E-state index contributed by atoms with van der Waals surface area (Å²) in [5.41, 5.74) is -0.325. The van der Waals surface area contributed by atoms with Crippen molar-refractivity contribution < 1.29 is 47.6 Å². The van der Waals surface area contributed by atoms with Crippen LogP contribution in [0.2, 0.25) is 3.93 Å². The quantitative estimate of drug-likeness (QED) is 0.346. The predicted octanol–water partition coefficient (Wildman–Crippen LogP) is -0.474. The zero-order valence-corrected chi connectivity index (χ0v) is 22.0. The number of carbonyl (C=O) groups is 2. The molecule has 0 fully saturated rings. The zero-order chi connectivity index (χ0) is 21.0. The van der Waals surface area contributed by atoms with E-state index in [1.807, 2.05) is 0 Å². The van der Waals surface area contributed by atoms with Gasteiger partial charge in [-0.2, -0.15) is 0 Å². The van der Waals surface area contributed by atoms with E-state index in [9.17, 15) is 19.2 Å². The third-order valence-corrected chi connectivity index (χ3v) is 18.3. The minimum atomic E-state index is -1.80. The van der Waals surface area contributed by atoms with Crippen LogP contribution in [-0.4, -0.2) is 59.3 Å². The third kappa shape index (κ3) is 5.03. The maximum absolute atomic E-state index is 12.5. The SMILES string of the molecule is COC([CH2][Hg][S]C(CC(=O)O)C(=O)O)Cn1cnc2c1c(=O)n(C)c(=O)n2C. The number of carboxylic acids is 2. The molecule has 0 aliphatic carbocycles. The molecule has 2 N–H and O–H groups in total. The van der Waals surface area contributed by atoms with Crippen LogP contribution in [-0.2, 0) is 58.0 Å². The van der Waals surface area contributed by atoms with Gasteiger partial charge in [0.1, 0.15) is 0 Å². The maximum atomic E-state index is 12.5. The van der Waals surface area contributed by atoms with E-state index in [0.717, 1.165) is 4.57 Å². The van der Waals surface area contributed by atoms with Crippen molar-refractivity contribution in [1.29, 1.82) is 0 Å². The molecular formula is C15H20HgN4O7S. The van der Waals surface area contributed by atoms with Crippen molar-refractivity contribution in [1.82, 2.24) is 18.7 Å². The Balaban J connectivity index is 2.13. The first-order valence-corrected chi connectivity index (χ1v) is 20.0. The van der Waals surface area contributed by atoms with E-state index >= 15 is 0 Å². The van der Waals surface area contributed by atoms with Gasteiger partial charge >= 0.3 is 174 Å². The molecular weight excluding hydrogens is 581 g/mol. The molecule has 2 unspecified atom stereocenters. The topological polar surface area (TPSA) is 146 Å². The van der Waals surface area contributed by atoms with Crippen LogP contribution in [0.3, 0.4) is 0 Å². The second-order valence-corrected chi connectivity index (χ2v) is 18.4. The Bertz CT molecular complexity index is 999. The van der Waals surface area contributed by atoms with Gasteiger partial charge in [-0.05, 0) is 0 Å². The number of imidazole rings is 1. The average molecular weight is 601 g/mol. The van der Waals surface area contributed by atoms with Gasteiger partial charge in [0, 0.05) is 0 Å². The van der Waals surface area contributed by atoms with Crippen LogP contribution in [0.5, 0.6) is 0 Å². The number of fused-ring (bicyclic) bond motifs is 1. The van der Waals surface area contributed by atoms with Gasteiger partial charge in [-0.15, -0.1) is 0 Å². The molecule has 0 aliphatic rings. The number of aryl methyl sites for hydroxylation is 1. The number of aliphatic carboxylic acids is 2. The van der Waals surface area contributed by atoms with Crippen molar-refractivity contribution in [3.8, 4) is 0 Å². The van der Waals surface area contributed by atoms with Gasteiger partial charge in [0.05, 0.1) is 0 Å². The van der Waals surface area contributed by atoms with Gasteiger partial charge in [-0.3, -0.25) is 0 Å². The Morgan fingerprint density at radius 3 is 2.54 bits per heavy atom. The summed E-state index contributed by atoms with van der Waals surface area (Å²) in [6.07, 6.45) is 0.813. The number of hydrogen-bond donors (Lipinski definition) is 2. The number of nitrogens with zero attached hydrogens (tertiary/aromatic N) is 4. The van der Waals surface area contributed by atoms with Crippen LogP contribution in [0, 0.1) is 0 Å². The molecule has 2 atom stereocenters. The first-order valence-electron chi connectivity index (χ1n) is 8.37. The van der Waals surface area contributed by atoms with Crippen molar-refractivity contribution in [3.05, 3.63) is 27.2 Å². The second kappa shape index (κ2) is 9.70. The van der Waals surface area contributed by atoms with E-state index in [2.05, 4.69) is 4.98 Å². The Hall–Kier alpha value is -1.66. The Kier molecular flexibility index (Phi) is 7.83. The van der Waals surface area contributed by atoms with Gasteiger partial charge in [-0.1, -0.05) is 0 Å². The fourth-order valence-electron chi connectivity index (χ4n) is 2.76. The van der Waals surface area contributed by atoms with Crippen molar-refractivity contribution in [2.75, 3.05) is 7.11 Å². The molecule has 13 heteroatoms. The van der Waals surface area contributed by atoms with E-state index in [1.54, 1.807) is 4.57 Å². The molecule has 2 rings (SSSR count). The van der Waals surface area contributed by atoms with Crippen molar-refractivity contribution in [2.45, 2.75) is 28.2 Å². The summed E-state index contributed by atoms with van der Waals surface area (Å²) < 4.78 is 10.1. The number of rotatable bonds is 10. The van der Waals surface area contributed by atoms with Crippen molar-refractivity contribution >= 4 is 31.3 Å². The molecule has 2 heterocycles. The normalized spacial score (nSPS) is 13.2. The van der Waals surface area contributed by atoms with Crippen LogP contribution in [0.4, 0.5) is 0 Å². The predicted molar refractivity (Wildman–Crippen MR) is 97.1 cm³/mol. The molecule has 150 valence electrons. The summed E-state index contributed by atoms with van der Waals surface area (Å²) in [6.45, 7) is 0.331. The Morgan fingerprint density at radius 2 is 1.96 bits per heavy atom. The molecule has 0 radical (unpaired) electrons. The summed E-state index contributed by atoms with van der Waals surface area (Å²) in [7, 11) is 5.72. The first-order chi connectivity index (χ1) is 13.2. The number of aromatic nitrogens is 4. The summed E-state index contributed by atoms with van der Waals surface area (Å²) in [5.74, 6) is -2.26. The summed E-state index contributed by atoms with van der Waals surface area (Å²) in [5, 5.41) is 17.0. The van der Waals surface area contributed by atoms with Crippen LogP contribution in [0.25, 0.3) is 11.2 Å². The second-order valence-electron chi connectivity index (χ2n) is 6.22. The molecule has 2 aromatic rings. The molecule has 0 amide bonds. The molecule has 0 saturated carbocycles. The number of ether oxygens (including phenoxy) is 1. The number of hydrogen-bond acceptors (Lipinski definition) is 7. The van der Waals surface area contributed by atoms with Crippen LogP contribution in [0.15, 0.2) is 15.9 Å². The zero-order valence-electron chi connectivity index (χ0n) is 15.7. The molecule has 0 aromatic carbocycles. The van der Waals surface area contributed by atoms with Crippen molar-refractivity contribution in [3.63, 3.8) is 0 Å².